The number of methoxy groups -OCH3 is 1. The molecule has 8 nitrogen and oxygen atoms in total. The summed E-state index contributed by atoms with van der Waals surface area (Å²) in [4.78, 5) is 17.3. The molecule has 0 fully saturated rings. The first-order chi connectivity index (χ1) is 14.7. The van der Waals surface area contributed by atoms with Crippen molar-refractivity contribution < 1.29 is 18.7 Å². The van der Waals surface area contributed by atoms with Gasteiger partial charge >= 0.3 is 0 Å². The third-order valence-electron chi connectivity index (χ3n) is 4.30. The summed E-state index contributed by atoms with van der Waals surface area (Å²) in [6.45, 7) is 0.186. The number of aromatic nitrogens is 3. The minimum absolute atomic E-state index is 0.176. The van der Waals surface area contributed by atoms with E-state index in [0.29, 0.717) is 29.8 Å². The van der Waals surface area contributed by atoms with Crippen molar-refractivity contribution in [2.45, 2.75) is 6.54 Å². The molecule has 2 aromatic carbocycles. The lowest BCUT2D eigenvalue weighted by Crippen LogP contribution is -2.22. The van der Waals surface area contributed by atoms with Crippen molar-refractivity contribution in [1.82, 2.24) is 14.8 Å². The predicted molar refractivity (Wildman–Crippen MR) is 111 cm³/mol. The van der Waals surface area contributed by atoms with E-state index in [1.54, 1.807) is 31.6 Å². The van der Waals surface area contributed by atoms with E-state index in [2.05, 4.69) is 15.4 Å². The van der Waals surface area contributed by atoms with E-state index in [0.717, 1.165) is 11.3 Å². The van der Waals surface area contributed by atoms with E-state index < -0.39 is 0 Å². The van der Waals surface area contributed by atoms with Crippen LogP contribution in [0.25, 0.3) is 11.4 Å². The molecule has 4 aromatic rings. The number of rotatable bonds is 8. The Morgan fingerprint density at radius 2 is 1.83 bits per heavy atom. The Bertz CT molecular complexity index is 1090. The first kappa shape index (κ1) is 19.3. The monoisotopic (exact) mass is 404 g/mol. The molecule has 0 aliphatic carbocycles. The molecule has 0 bridgehead atoms. The molecule has 0 saturated heterocycles. The van der Waals surface area contributed by atoms with Gasteiger partial charge in [0.05, 0.1) is 19.9 Å². The summed E-state index contributed by atoms with van der Waals surface area (Å²) in [5.41, 5.74) is 0.757. The Morgan fingerprint density at radius 3 is 2.53 bits per heavy atom. The summed E-state index contributed by atoms with van der Waals surface area (Å²) in [5, 5.41) is 7.49. The SMILES string of the molecule is COc1ccc(-c2nc(NCc3ccco3)n(C(=O)COc3ccccc3)n2)cc1. The van der Waals surface area contributed by atoms with Gasteiger partial charge in [-0.1, -0.05) is 18.2 Å². The fraction of sp³-hybridized carbons (Fsp3) is 0.136. The zero-order valence-corrected chi connectivity index (χ0v) is 16.3. The van der Waals surface area contributed by atoms with Gasteiger partial charge in [0.2, 0.25) is 5.95 Å². The number of nitrogens with one attached hydrogen (secondary N) is 1. The second kappa shape index (κ2) is 8.95. The highest BCUT2D eigenvalue weighted by Crippen LogP contribution is 2.21. The standard InChI is InChI=1S/C22H20N4O4/c1-28-17-11-9-16(10-12-17)21-24-22(23-14-19-8-5-13-29-19)26(25-21)20(27)15-30-18-6-3-2-4-7-18/h2-13H,14-15H2,1H3,(H,23,24,25). The minimum Gasteiger partial charge on any atom is -0.497 e. The van der Waals surface area contributed by atoms with Crippen LogP contribution in [0.5, 0.6) is 11.5 Å². The second-order valence-corrected chi connectivity index (χ2v) is 6.33. The molecule has 0 aliphatic rings. The Morgan fingerprint density at radius 1 is 1.03 bits per heavy atom. The maximum absolute atomic E-state index is 12.8. The number of para-hydroxylation sites is 1. The first-order valence-electron chi connectivity index (χ1n) is 9.32. The molecule has 152 valence electrons. The number of hydrogen-bond donors (Lipinski definition) is 1. The fourth-order valence-corrected chi connectivity index (χ4v) is 2.77. The number of nitrogens with zero attached hydrogens (tertiary/aromatic N) is 3. The van der Waals surface area contributed by atoms with Crippen molar-refractivity contribution in [3.05, 3.63) is 78.8 Å². The van der Waals surface area contributed by atoms with Crippen LogP contribution in [-0.2, 0) is 6.54 Å². The van der Waals surface area contributed by atoms with E-state index >= 15 is 0 Å². The molecule has 0 saturated carbocycles. The number of hydrogen-bond acceptors (Lipinski definition) is 7. The van der Waals surface area contributed by atoms with E-state index in [1.165, 1.54) is 4.68 Å². The number of anilines is 1. The van der Waals surface area contributed by atoms with Crippen LogP contribution < -0.4 is 14.8 Å². The number of carbonyl (C=O) groups excluding carboxylic acids is 1. The average molecular weight is 404 g/mol. The van der Waals surface area contributed by atoms with Gasteiger partial charge in [-0.05, 0) is 48.5 Å². The maximum atomic E-state index is 12.8. The number of benzene rings is 2. The van der Waals surface area contributed by atoms with E-state index in [-0.39, 0.29) is 12.5 Å². The lowest BCUT2D eigenvalue weighted by Gasteiger charge is -2.07. The Kier molecular flexibility index (Phi) is 5.75. The zero-order chi connectivity index (χ0) is 20.8. The molecule has 0 radical (unpaired) electrons. The van der Waals surface area contributed by atoms with Crippen LogP contribution in [0.1, 0.15) is 10.6 Å². The number of ether oxygens (including phenoxy) is 2. The summed E-state index contributed by atoms with van der Waals surface area (Å²) in [5.74, 6) is 2.40. The summed E-state index contributed by atoms with van der Waals surface area (Å²) < 4.78 is 17.3. The third kappa shape index (κ3) is 4.49. The summed E-state index contributed by atoms with van der Waals surface area (Å²) in [6, 6.07) is 20.0. The molecule has 4 rings (SSSR count). The molecule has 2 heterocycles. The Hall–Kier alpha value is -4.07. The average Bonchev–Trinajstić information content (AvgIpc) is 3.47. The molecule has 0 aliphatic heterocycles. The number of furan rings is 1. The highest BCUT2D eigenvalue weighted by molar-refractivity contribution is 5.82. The van der Waals surface area contributed by atoms with Gasteiger partial charge in [-0.3, -0.25) is 4.79 Å². The van der Waals surface area contributed by atoms with E-state index in [9.17, 15) is 4.79 Å². The van der Waals surface area contributed by atoms with Crippen LogP contribution in [0.4, 0.5) is 5.95 Å². The molecule has 8 heteroatoms. The second-order valence-electron chi connectivity index (χ2n) is 6.33. The van der Waals surface area contributed by atoms with Crippen LogP contribution in [-0.4, -0.2) is 34.4 Å². The third-order valence-corrected chi connectivity index (χ3v) is 4.30. The lowest BCUT2D eigenvalue weighted by atomic mass is 10.2. The van der Waals surface area contributed by atoms with Gasteiger partial charge in [0, 0.05) is 5.56 Å². The van der Waals surface area contributed by atoms with E-state index in [4.69, 9.17) is 13.9 Å². The van der Waals surface area contributed by atoms with Crippen LogP contribution in [0.15, 0.2) is 77.4 Å². The molecule has 0 amide bonds. The van der Waals surface area contributed by atoms with Crippen LogP contribution in [0.3, 0.4) is 0 Å². The molecular formula is C22H20N4O4. The van der Waals surface area contributed by atoms with E-state index in [1.807, 2.05) is 48.5 Å². The van der Waals surface area contributed by atoms with Gasteiger partial charge in [0.1, 0.15) is 17.3 Å². The van der Waals surface area contributed by atoms with Crippen molar-refractivity contribution in [2.24, 2.45) is 0 Å². The molecule has 0 unspecified atom stereocenters. The Balaban J connectivity index is 1.56. The molecule has 2 aromatic heterocycles. The van der Waals surface area contributed by atoms with Crippen molar-refractivity contribution >= 4 is 11.9 Å². The van der Waals surface area contributed by atoms with Gasteiger partial charge in [0.15, 0.2) is 12.4 Å². The molecule has 30 heavy (non-hydrogen) atoms. The van der Waals surface area contributed by atoms with Gasteiger partial charge in [-0.25, -0.2) is 0 Å². The molecule has 0 atom stereocenters. The van der Waals surface area contributed by atoms with Crippen molar-refractivity contribution in [2.75, 3.05) is 19.0 Å². The van der Waals surface area contributed by atoms with Gasteiger partial charge in [-0.2, -0.15) is 9.67 Å². The van der Waals surface area contributed by atoms with Crippen molar-refractivity contribution in [3.63, 3.8) is 0 Å². The maximum Gasteiger partial charge on any atom is 0.287 e. The summed E-state index contributed by atoms with van der Waals surface area (Å²) >= 11 is 0. The van der Waals surface area contributed by atoms with Crippen molar-refractivity contribution in [1.29, 1.82) is 0 Å². The smallest absolute Gasteiger partial charge is 0.287 e. The van der Waals surface area contributed by atoms with Gasteiger partial charge < -0.3 is 19.2 Å². The van der Waals surface area contributed by atoms with Crippen molar-refractivity contribution in [3.8, 4) is 22.9 Å². The molecular weight excluding hydrogens is 384 g/mol. The topological polar surface area (TPSA) is 91.4 Å². The highest BCUT2D eigenvalue weighted by Gasteiger charge is 2.18. The number of carbonyl (C=O) groups is 1. The highest BCUT2D eigenvalue weighted by atomic mass is 16.5. The lowest BCUT2D eigenvalue weighted by molar-refractivity contribution is 0.0824. The van der Waals surface area contributed by atoms with Crippen LogP contribution in [0, 0.1) is 0 Å². The largest absolute Gasteiger partial charge is 0.497 e. The minimum atomic E-state index is -0.354. The molecule has 1 N–H and O–H groups in total. The fourth-order valence-electron chi connectivity index (χ4n) is 2.77. The van der Waals surface area contributed by atoms with Crippen LogP contribution >= 0.6 is 0 Å². The van der Waals surface area contributed by atoms with Crippen LogP contribution in [0.2, 0.25) is 0 Å². The quantitative estimate of drug-likeness (QED) is 0.476. The Labute approximate surface area is 173 Å². The van der Waals surface area contributed by atoms with Gasteiger partial charge in [0.25, 0.3) is 5.91 Å². The van der Waals surface area contributed by atoms with Gasteiger partial charge in [-0.15, -0.1) is 5.10 Å². The summed E-state index contributed by atoms with van der Waals surface area (Å²) in [7, 11) is 1.60. The summed E-state index contributed by atoms with van der Waals surface area (Å²) in [6.07, 6.45) is 1.59. The zero-order valence-electron chi connectivity index (χ0n) is 16.3. The predicted octanol–water partition coefficient (Wildman–Crippen LogP) is 3.88. The normalized spacial score (nSPS) is 10.6. The first-order valence-corrected chi connectivity index (χ1v) is 9.32. The molecule has 0 spiro atoms.